The van der Waals surface area contributed by atoms with Crippen LogP contribution in [0.15, 0.2) is 36.4 Å². The molecule has 0 spiro atoms. The molecule has 2 aromatic carbocycles. The van der Waals surface area contributed by atoms with E-state index in [1.807, 2.05) is 13.0 Å². The van der Waals surface area contributed by atoms with Crippen molar-refractivity contribution in [1.29, 1.82) is 0 Å². The number of carbonyl (C=O) groups is 1. The fraction of sp³-hybridized carbons (Fsp3) is 0.133. The summed E-state index contributed by atoms with van der Waals surface area (Å²) in [5.41, 5.74) is 8.73. The quantitative estimate of drug-likeness (QED) is 0.812. The highest BCUT2D eigenvalue weighted by Gasteiger charge is 2.10. The maximum absolute atomic E-state index is 13.2. The molecule has 98 valence electrons. The largest absolute Gasteiger partial charge is 0.398 e. The molecular formula is C15H15FN2O. The van der Waals surface area contributed by atoms with E-state index in [2.05, 4.69) is 5.32 Å². The van der Waals surface area contributed by atoms with Gasteiger partial charge in [-0.3, -0.25) is 4.79 Å². The van der Waals surface area contributed by atoms with Gasteiger partial charge in [0.15, 0.2) is 0 Å². The minimum atomic E-state index is -0.382. The maximum atomic E-state index is 13.2. The monoisotopic (exact) mass is 258 g/mol. The number of benzene rings is 2. The minimum absolute atomic E-state index is 0.345. The number of carbonyl (C=O) groups excluding carboxylic acids is 1. The molecule has 0 aromatic heterocycles. The van der Waals surface area contributed by atoms with Crippen molar-refractivity contribution in [1.82, 2.24) is 0 Å². The van der Waals surface area contributed by atoms with Crippen molar-refractivity contribution in [2.75, 3.05) is 11.1 Å². The van der Waals surface area contributed by atoms with E-state index in [0.29, 0.717) is 16.9 Å². The summed E-state index contributed by atoms with van der Waals surface area (Å²) in [5.74, 6) is -0.727. The Kier molecular flexibility index (Phi) is 3.51. The number of hydrogen-bond acceptors (Lipinski definition) is 2. The lowest BCUT2D eigenvalue weighted by atomic mass is 10.1. The van der Waals surface area contributed by atoms with Gasteiger partial charge in [-0.2, -0.15) is 0 Å². The highest BCUT2D eigenvalue weighted by atomic mass is 19.1. The van der Waals surface area contributed by atoms with Gasteiger partial charge in [-0.25, -0.2) is 4.39 Å². The van der Waals surface area contributed by atoms with E-state index >= 15 is 0 Å². The second-order valence-corrected chi connectivity index (χ2v) is 4.56. The lowest BCUT2D eigenvalue weighted by Crippen LogP contribution is -2.14. The fourth-order valence-corrected chi connectivity index (χ4v) is 1.90. The fourth-order valence-electron chi connectivity index (χ4n) is 1.90. The van der Waals surface area contributed by atoms with Crippen LogP contribution in [0.1, 0.15) is 21.5 Å². The summed E-state index contributed by atoms with van der Waals surface area (Å²) in [6.45, 7) is 3.66. The molecule has 3 N–H and O–H groups in total. The smallest absolute Gasteiger partial charge is 0.257 e. The summed E-state index contributed by atoms with van der Waals surface area (Å²) in [6, 6.07) is 9.57. The number of hydrogen-bond donors (Lipinski definition) is 2. The standard InChI is InChI=1S/C15H15FN2O/c1-9-3-4-13(14(17)7-9)15(19)18-12-6-10(2)5-11(16)8-12/h3-8H,17H2,1-2H3,(H,18,19). The van der Waals surface area contributed by atoms with Crippen LogP contribution in [0.25, 0.3) is 0 Å². The summed E-state index contributed by atoms with van der Waals surface area (Å²) in [7, 11) is 0. The van der Waals surface area contributed by atoms with E-state index in [0.717, 1.165) is 11.1 Å². The number of amides is 1. The second kappa shape index (κ2) is 5.10. The van der Waals surface area contributed by atoms with Crippen LogP contribution in [0, 0.1) is 19.7 Å². The predicted octanol–water partition coefficient (Wildman–Crippen LogP) is 3.28. The Balaban J connectivity index is 2.25. The van der Waals surface area contributed by atoms with Crippen molar-refractivity contribution in [3.05, 3.63) is 58.9 Å². The van der Waals surface area contributed by atoms with Crippen LogP contribution in [0.2, 0.25) is 0 Å². The molecule has 0 saturated carbocycles. The number of nitrogens with two attached hydrogens (primary N) is 1. The van der Waals surface area contributed by atoms with Gasteiger partial charge in [-0.1, -0.05) is 6.07 Å². The molecule has 4 heteroatoms. The summed E-state index contributed by atoms with van der Waals surface area (Å²) in [6.07, 6.45) is 0. The average Bonchev–Trinajstić information content (AvgIpc) is 2.26. The molecule has 3 nitrogen and oxygen atoms in total. The highest BCUT2D eigenvalue weighted by Crippen LogP contribution is 2.18. The van der Waals surface area contributed by atoms with Gasteiger partial charge in [-0.05, 0) is 55.3 Å². The van der Waals surface area contributed by atoms with Gasteiger partial charge < -0.3 is 11.1 Å². The zero-order chi connectivity index (χ0) is 14.0. The molecule has 0 aliphatic rings. The van der Waals surface area contributed by atoms with Crippen LogP contribution in [0.5, 0.6) is 0 Å². The van der Waals surface area contributed by atoms with Crippen LogP contribution in [0.3, 0.4) is 0 Å². The van der Waals surface area contributed by atoms with Crippen LogP contribution < -0.4 is 11.1 Å². The Morgan fingerprint density at radius 1 is 1.11 bits per heavy atom. The summed E-state index contributed by atoms with van der Waals surface area (Å²) in [4.78, 5) is 12.1. The lowest BCUT2D eigenvalue weighted by Gasteiger charge is -2.09. The van der Waals surface area contributed by atoms with Gasteiger partial charge in [-0.15, -0.1) is 0 Å². The minimum Gasteiger partial charge on any atom is -0.398 e. The van der Waals surface area contributed by atoms with Crippen molar-refractivity contribution >= 4 is 17.3 Å². The Labute approximate surface area is 111 Å². The Morgan fingerprint density at radius 3 is 2.47 bits per heavy atom. The van der Waals surface area contributed by atoms with Gasteiger partial charge >= 0.3 is 0 Å². The zero-order valence-electron chi connectivity index (χ0n) is 10.8. The molecule has 0 atom stereocenters. The van der Waals surface area contributed by atoms with Gasteiger partial charge in [0.25, 0.3) is 5.91 Å². The highest BCUT2D eigenvalue weighted by molar-refractivity contribution is 6.07. The summed E-state index contributed by atoms with van der Waals surface area (Å²) < 4.78 is 13.2. The van der Waals surface area contributed by atoms with Gasteiger partial charge in [0.05, 0.1) is 5.56 Å². The molecule has 0 aliphatic heterocycles. The van der Waals surface area contributed by atoms with Crippen molar-refractivity contribution in [3.63, 3.8) is 0 Å². The first-order valence-electron chi connectivity index (χ1n) is 5.90. The molecule has 0 aliphatic carbocycles. The van der Waals surface area contributed by atoms with Gasteiger partial charge in [0.1, 0.15) is 5.82 Å². The van der Waals surface area contributed by atoms with Crippen molar-refractivity contribution in [2.45, 2.75) is 13.8 Å². The number of nitrogen functional groups attached to an aromatic ring is 1. The summed E-state index contributed by atoms with van der Waals surface area (Å²) >= 11 is 0. The Morgan fingerprint density at radius 2 is 1.84 bits per heavy atom. The van der Waals surface area contributed by atoms with Crippen LogP contribution in [0.4, 0.5) is 15.8 Å². The molecule has 2 aromatic rings. The number of halogens is 1. The van der Waals surface area contributed by atoms with Crippen LogP contribution in [-0.4, -0.2) is 5.91 Å². The molecule has 0 unspecified atom stereocenters. The van der Waals surface area contributed by atoms with E-state index in [9.17, 15) is 9.18 Å². The zero-order valence-corrected chi connectivity index (χ0v) is 10.8. The molecule has 0 bridgehead atoms. The third-order valence-corrected chi connectivity index (χ3v) is 2.75. The molecule has 0 saturated heterocycles. The van der Waals surface area contributed by atoms with Crippen LogP contribution >= 0.6 is 0 Å². The number of rotatable bonds is 2. The topological polar surface area (TPSA) is 55.1 Å². The molecule has 0 fully saturated rings. The van der Waals surface area contributed by atoms with Crippen molar-refractivity contribution < 1.29 is 9.18 Å². The molecule has 1 amide bonds. The Bertz CT molecular complexity index is 618. The molecule has 2 rings (SSSR count). The van der Waals surface area contributed by atoms with E-state index in [4.69, 9.17) is 5.73 Å². The second-order valence-electron chi connectivity index (χ2n) is 4.56. The van der Waals surface area contributed by atoms with Crippen molar-refractivity contribution in [3.8, 4) is 0 Å². The van der Waals surface area contributed by atoms with Gasteiger partial charge in [0.2, 0.25) is 0 Å². The lowest BCUT2D eigenvalue weighted by molar-refractivity contribution is 0.102. The normalized spacial score (nSPS) is 10.3. The number of nitrogens with one attached hydrogen (secondary N) is 1. The van der Waals surface area contributed by atoms with E-state index < -0.39 is 0 Å². The SMILES string of the molecule is Cc1cc(F)cc(NC(=O)c2ccc(C)cc2N)c1. The van der Waals surface area contributed by atoms with E-state index in [-0.39, 0.29) is 11.7 Å². The van der Waals surface area contributed by atoms with Crippen molar-refractivity contribution in [2.24, 2.45) is 0 Å². The first-order valence-corrected chi connectivity index (χ1v) is 5.90. The molecule has 19 heavy (non-hydrogen) atoms. The predicted molar refractivity (Wildman–Crippen MR) is 74.7 cm³/mol. The summed E-state index contributed by atoms with van der Waals surface area (Å²) in [5, 5.41) is 2.64. The molecular weight excluding hydrogens is 243 g/mol. The third-order valence-electron chi connectivity index (χ3n) is 2.75. The first kappa shape index (κ1) is 13.1. The first-order chi connectivity index (χ1) is 8.95. The van der Waals surface area contributed by atoms with Crippen LogP contribution in [-0.2, 0) is 0 Å². The average molecular weight is 258 g/mol. The Hall–Kier alpha value is -2.36. The van der Waals surface area contributed by atoms with Gasteiger partial charge in [0, 0.05) is 11.4 Å². The molecule has 0 radical (unpaired) electrons. The molecule has 0 heterocycles. The van der Waals surface area contributed by atoms with E-state index in [1.54, 1.807) is 25.1 Å². The van der Waals surface area contributed by atoms with E-state index in [1.165, 1.54) is 12.1 Å². The number of anilines is 2. The number of aryl methyl sites for hydroxylation is 2. The third kappa shape index (κ3) is 3.10. The maximum Gasteiger partial charge on any atom is 0.257 e.